The normalized spacial score (nSPS) is 22.2. The molecule has 74 valence electrons. The average Bonchev–Trinajstić information content (AvgIpc) is 1.99. The van der Waals surface area contributed by atoms with Crippen molar-refractivity contribution >= 4 is 5.97 Å². The summed E-state index contributed by atoms with van der Waals surface area (Å²) in [6.45, 7) is 6.37. The second kappa shape index (κ2) is 3.81. The molecule has 1 aliphatic rings. The van der Waals surface area contributed by atoms with Crippen LogP contribution >= 0.6 is 0 Å². The van der Waals surface area contributed by atoms with Crippen LogP contribution in [-0.4, -0.2) is 29.1 Å². The fourth-order valence-electron chi connectivity index (χ4n) is 1.77. The van der Waals surface area contributed by atoms with E-state index in [1.807, 2.05) is 0 Å². The summed E-state index contributed by atoms with van der Waals surface area (Å²) in [5.74, 6) is -0.872. The van der Waals surface area contributed by atoms with Crippen LogP contribution in [0.15, 0.2) is 12.3 Å². The summed E-state index contributed by atoms with van der Waals surface area (Å²) in [6.07, 6.45) is 5.27. The van der Waals surface area contributed by atoms with Gasteiger partial charge in [-0.2, -0.15) is 0 Å². The fourth-order valence-corrected chi connectivity index (χ4v) is 1.77. The summed E-state index contributed by atoms with van der Waals surface area (Å²) in [5, 5.41) is 8.46. The topological polar surface area (TPSA) is 40.5 Å². The summed E-state index contributed by atoms with van der Waals surface area (Å²) >= 11 is 0. The molecule has 1 aliphatic heterocycles. The van der Waals surface area contributed by atoms with E-state index in [0.717, 1.165) is 19.5 Å². The van der Waals surface area contributed by atoms with Gasteiger partial charge in [0.2, 0.25) is 0 Å². The average molecular weight is 183 g/mol. The van der Waals surface area contributed by atoms with E-state index in [9.17, 15) is 4.79 Å². The van der Waals surface area contributed by atoms with Crippen molar-refractivity contribution < 1.29 is 9.90 Å². The molecule has 1 rings (SSSR count). The number of carboxylic acids is 1. The summed E-state index contributed by atoms with van der Waals surface area (Å²) in [7, 11) is 0. The molecule has 1 heterocycles. The molecule has 0 atom stereocenters. The van der Waals surface area contributed by atoms with E-state index in [1.165, 1.54) is 12.5 Å². The van der Waals surface area contributed by atoms with Crippen molar-refractivity contribution in [2.24, 2.45) is 5.41 Å². The van der Waals surface area contributed by atoms with E-state index in [0.29, 0.717) is 5.41 Å². The Labute approximate surface area is 79.0 Å². The zero-order valence-corrected chi connectivity index (χ0v) is 8.29. The minimum absolute atomic E-state index is 0.321. The monoisotopic (exact) mass is 183 g/mol. The molecule has 0 unspecified atom stereocenters. The highest BCUT2D eigenvalue weighted by molar-refractivity contribution is 5.79. The number of rotatable bonds is 2. The summed E-state index contributed by atoms with van der Waals surface area (Å²) in [4.78, 5) is 12.4. The van der Waals surface area contributed by atoms with Gasteiger partial charge in [-0.05, 0) is 18.3 Å². The van der Waals surface area contributed by atoms with Gasteiger partial charge in [-0.25, -0.2) is 4.79 Å². The van der Waals surface area contributed by atoms with Crippen LogP contribution in [0.25, 0.3) is 0 Å². The highest BCUT2D eigenvalue weighted by Crippen LogP contribution is 2.28. The van der Waals surface area contributed by atoms with Gasteiger partial charge in [-0.3, -0.25) is 0 Å². The molecule has 3 nitrogen and oxygen atoms in total. The van der Waals surface area contributed by atoms with Crippen molar-refractivity contribution in [3.8, 4) is 0 Å². The predicted octanol–water partition coefficient (Wildman–Crippen LogP) is 1.71. The minimum Gasteiger partial charge on any atom is -0.478 e. The van der Waals surface area contributed by atoms with Gasteiger partial charge in [0.1, 0.15) is 0 Å². The number of hydrogen-bond acceptors (Lipinski definition) is 2. The summed E-state index contributed by atoms with van der Waals surface area (Å²) in [6, 6.07) is 0. The second-order valence-corrected chi connectivity index (χ2v) is 4.39. The van der Waals surface area contributed by atoms with Gasteiger partial charge < -0.3 is 10.0 Å². The van der Waals surface area contributed by atoms with Crippen molar-refractivity contribution in [1.29, 1.82) is 0 Å². The van der Waals surface area contributed by atoms with Gasteiger partial charge in [-0.15, -0.1) is 0 Å². The Balaban J connectivity index is 2.48. The van der Waals surface area contributed by atoms with E-state index in [1.54, 1.807) is 6.20 Å². The number of carbonyl (C=O) groups is 1. The molecular formula is C10H17NO2. The zero-order chi connectivity index (χ0) is 9.90. The van der Waals surface area contributed by atoms with E-state index in [4.69, 9.17) is 5.11 Å². The maximum atomic E-state index is 10.3. The molecule has 0 spiro atoms. The zero-order valence-electron chi connectivity index (χ0n) is 8.29. The molecule has 0 aromatic heterocycles. The Morgan fingerprint density at radius 2 is 2.23 bits per heavy atom. The number of likely N-dealkylation sites (tertiary alicyclic amines) is 1. The highest BCUT2D eigenvalue weighted by Gasteiger charge is 2.24. The third-order valence-corrected chi connectivity index (χ3v) is 2.36. The first kappa shape index (κ1) is 10.1. The lowest BCUT2D eigenvalue weighted by Crippen LogP contribution is -2.36. The number of carboxylic acid groups (broad SMARTS) is 1. The smallest absolute Gasteiger partial charge is 0.329 e. The van der Waals surface area contributed by atoms with Crippen LogP contribution in [0.5, 0.6) is 0 Å². The first-order valence-electron chi connectivity index (χ1n) is 4.65. The molecule has 3 heteroatoms. The molecule has 0 amide bonds. The SMILES string of the molecule is CC1(C)CCCN(/C=C/C(=O)O)C1. The van der Waals surface area contributed by atoms with Gasteiger partial charge in [0.05, 0.1) is 0 Å². The quantitative estimate of drug-likeness (QED) is 0.662. The third kappa shape index (κ3) is 3.49. The maximum Gasteiger partial charge on any atom is 0.329 e. The minimum atomic E-state index is -0.872. The fraction of sp³-hybridized carbons (Fsp3) is 0.700. The largest absolute Gasteiger partial charge is 0.478 e. The summed E-state index contributed by atoms with van der Waals surface area (Å²) in [5.41, 5.74) is 0.321. The van der Waals surface area contributed by atoms with Crippen LogP contribution in [-0.2, 0) is 4.79 Å². The third-order valence-electron chi connectivity index (χ3n) is 2.36. The second-order valence-electron chi connectivity index (χ2n) is 4.39. The van der Waals surface area contributed by atoms with Crippen molar-refractivity contribution in [3.05, 3.63) is 12.3 Å². The van der Waals surface area contributed by atoms with E-state index < -0.39 is 5.97 Å². The Morgan fingerprint density at radius 1 is 1.54 bits per heavy atom. The van der Waals surface area contributed by atoms with Crippen molar-refractivity contribution in [1.82, 2.24) is 4.90 Å². The first-order chi connectivity index (χ1) is 5.99. The van der Waals surface area contributed by atoms with Gasteiger partial charge >= 0.3 is 5.97 Å². The molecule has 1 saturated heterocycles. The summed E-state index contributed by atoms with van der Waals surface area (Å²) < 4.78 is 0. The number of piperidine rings is 1. The van der Waals surface area contributed by atoms with Gasteiger partial charge in [0.15, 0.2) is 0 Å². The lowest BCUT2D eigenvalue weighted by atomic mass is 9.84. The lowest BCUT2D eigenvalue weighted by Gasteiger charge is -2.37. The molecular weight excluding hydrogens is 166 g/mol. The Hall–Kier alpha value is -0.990. The van der Waals surface area contributed by atoms with E-state index in [-0.39, 0.29) is 0 Å². The van der Waals surface area contributed by atoms with Crippen LogP contribution < -0.4 is 0 Å². The van der Waals surface area contributed by atoms with Gasteiger partial charge in [0, 0.05) is 25.4 Å². The maximum absolute atomic E-state index is 10.3. The number of aliphatic carboxylic acids is 1. The number of hydrogen-bond donors (Lipinski definition) is 1. The predicted molar refractivity (Wildman–Crippen MR) is 51.4 cm³/mol. The lowest BCUT2D eigenvalue weighted by molar-refractivity contribution is -0.131. The van der Waals surface area contributed by atoms with Crippen LogP contribution in [0.3, 0.4) is 0 Å². The standard InChI is InChI=1S/C10H17NO2/c1-10(2)5-3-6-11(8-10)7-4-9(12)13/h4,7H,3,5-6,8H2,1-2H3,(H,12,13)/b7-4+. The molecule has 0 aliphatic carbocycles. The molecule has 0 bridgehead atoms. The molecule has 0 aromatic carbocycles. The van der Waals surface area contributed by atoms with Crippen molar-refractivity contribution in [2.45, 2.75) is 26.7 Å². The van der Waals surface area contributed by atoms with Gasteiger partial charge in [0.25, 0.3) is 0 Å². The van der Waals surface area contributed by atoms with E-state index in [2.05, 4.69) is 18.7 Å². The molecule has 13 heavy (non-hydrogen) atoms. The Kier molecular flexibility index (Phi) is 2.96. The highest BCUT2D eigenvalue weighted by atomic mass is 16.4. The first-order valence-corrected chi connectivity index (χ1v) is 4.65. The van der Waals surface area contributed by atoms with E-state index >= 15 is 0 Å². The van der Waals surface area contributed by atoms with Crippen LogP contribution in [0, 0.1) is 5.41 Å². The molecule has 0 saturated carbocycles. The molecule has 1 N–H and O–H groups in total. The van der Waals surface area contributed by atoms with Crippen LogP contribution in [0.2, 0.25) is 0 Å². The van der Waals surface area contributed by atoms with Gasteiger partial charge in [-0.1, -0.05) is 13.8 Å². The molecule has 1 fully saturated rings. The van der Waals surface area contributed by atoms with Crippen molar-refractivity contribution in [2.75, 3.05) is 13.1 Å². The Bertz CT molecular complexity index is 221. The Morgan fingerprint density at radius 3 is 2.77 bits per heavy atom. The molecule has 0 aromatic rings. The van der Waals surface area contributed by atoms with Crippen LogP contribution in [0.1, 0.15) is 26.7 Å². The number of nitrogens with zero attached hydrogens (tertiary/aromatic N) is 1. The van der Waals surface area contributed by atoms with Crippen LogP contribution in [0.4, 0.5) is 0 Å². The van der Waals surface area contributed by atoms with Crippen molar-refractivity contribution in [3.63, 3.8) is 0 Å². The molecule has 0 radical (unpaired) electrons.